The quantitative estimate of drug-likeness (QED) is 0.927. The third kappa shape index (κ3) is 1.90. The number of hydrogen-bond acceptors (Lipinski definition) is 2. The fourth-order valence-corrected chi connectivity index (χ4v) is 4.40. The maximum Gasteiger partial charge on any atom is 0.229 e. The smallest absolute Gasteiger partial charge is 0.229 e. The molecule has 3 nitrogen and oxygen atoms in total. The lowest BCUT2D eigenvalue weighted by atomic mass is 9.75. The number of hydrogen-bond donors (Lipinski definition) is 1. The highest BCUT2D eigenvalue weighted by Crippen LogP contribution is 2.69. The van der Waals surface area contributed by atoms with Crippen molar-refractivity contribution in [2.75, 3.05) is 13.1 Å². The third-order valence-electron chi connectivity index (χ3n) is 5.77. The van der Waals surface area contributed by atoms with Crippen molar-refractivity contribution >= 4 is 5.91 Å². The number of aryl methyl sites for hydroxylation is 1. The van der Waals surface area contributed by atoms with Gasteiger partial charge in [0.25, 0.3) is 0 Å². The number of carbonyl (C=O) groups excluding carboxylic acids is 1. The Morgan fingerprint density at radius 1 is 1.33 bits per heavy atom. The first kappa shape index (κ1) is 14.4. The Morgan fingerprint density at radius 3 is 2.71 bits per heavy atom. The predicted molar refractivity (Wildman–Crippen MR) is 83.4 cm³/mol. The minimum Gasteiger partial charge on any atom is -0.508 e. The van der Waals surface area contributed by atoms with Gasteiger partial charge in [-0.05, 0) is 69.7 Å². The van der Waals surface area contributed by atoms with E-state index in [9.17, 15) is 9.90 Å². The van der Waals surface area contributed by atoms with E-state index in [1.165, 1.54) is 11.1 Å². The number of fused-ring (bicyclic) bond motifs is 2. The maximum absolute atomic E-state index is 12.9. The van der Waals surface area contributed by atoms with Gasteiger partial charge in [-0.1, -0.05) is 6.07 Å². The molecule has 3 heteroatoms. The Balaban J connectivity index is 1.99. The number of amides is 1. The molecule has 1 amide bonds. The predicted octanol–water partition coefficient (Wildman–Crippen LogP) is 3.24. The van der Waals surface area contributed by atoms with Gasteiger partial charge in [0.15, 0.2) is 0 Å². The van der Waals surface area contributed by atoms with E-state index in [4.69, 9.17) is 0 Å². The molecule has 1 fully saturated rings. The molecule has 0 heterocycles. The Bertz CT molecular complexity index is 579. The molecule has 0 aromatic heterocycles. The molecule has 2 aliphatic rings. The van der Waals surface area contributed by atoms with Gasteiger partial charge in [-0.2, -0.15) is 0 Å². The zero-order valence-corrected chi connectivity index (χ0v) is 13.3. The van der Waals surface area contributed by atoms with Crippen molar-refractivity contribution in [3.63, 3.8) is 0 Å². The van der Waals surface area contributed by atoms with Crippen LogP contribution in [0.2, 0.25) is 0 Å². The Kier molecular flexibility index (Phi) is 3.27. The monoisotopic (exact) mass is 287 g/mol. The number of rotatable bonds is 3. The first-order valence-electron chi connectivity index (χ1n) is 8.10. The van der Waals surface area contributed by atoms with Gasteiger partial charge in [0.2, 0.25) is 5.91 Å². The van der Waals surface area contributed by atoms with Crippen LogP contribution in [0.1, 0.15) is 51.2 Å². The van der Waals surface area contributed by atoms with Crippen molar-refractivity contribution in [3.8, 4) is 5.75 Å². The number of phenolic OH excluding ortho intramolecular Hbond substituents is 1. The topological polar surface area (TPSA) is 40.5 Å². The molecule has 0 unspecified atom stereocenters. The lowest BCUT2D eigenvalue weighted by Gasteiger charge is -2.32. The van der Waals surface area contributed by atoms with Gasteiger partial charge in [0.1, 0.15) is 5.75 Å². The summed E-state index contributed by atoms with van der Waals surface area (Å²) in [7, 11) is 0. The summed E-state index contributed by atoms with van der Waals surface area (Å²) in [5.74, 6) is 0.600. The molecule has 114 valence electrons. The SMILES string of the molecule is CCN(CC)C(=O)[C@@]1(C)C[C@@]12CCCc1ccc(O)cc12. The molecule has 0 saturated heterocycles. The number of phenols is 1. The standard InChI is InChI=1S/C18H25NO2/c1-4-19(5-2)16(21)17(3)12-18(17)10-6-7-13-8-9-14(20)11-15(13)18/h8-9,11,20H,4-7,10,12H2,1-3H3/t17-,18-/m1/s1. The Hall–Kier alpha value is -1.51. The molecule has 1 aromatic carbocycles. The van der Waals surface area contributed by atoms with E-state index < -0.39 is 0 Å². The summed E-state index contributed by atoms with van der Waals surface area (Å²) in [5.41, 5.74) is 2.20. The van der Waals surface area contributed by atoms with Crippen LogP contribution < -0.4 is 0 Å². The second-order valence-corrected chi connectivity index (χ2v) is 6.76. The van der Waals surface area contributed by atoms with Crippen LogP contribution >= 0.6 is 0 Å². The van der Waals surface area contributed by atoms with Crippen molar-refractivity contribution in [3.05, 3.63) is 29.3 Å². The molecule has 1 spiro atoms. The minimum atomic E-state index is -0.290. The van der Waals surface area contributed by atoms with Crippen LogP contribution in [-0.2, 0) is 16.6 Å². The fourth-order valence-electron chi connectivity index (χ4n) is 4.40. The highest BCUT2D eigenvalue weighted by molar-refractivity contribution is 5.89. The highest BCUT2D eigenvalue weighted by Gasteiger charge is 2.70. The molecule has 2 atom stereocenters. The van der Waals surface area contributed by atoms with Crippen LogP contribution in [0, 0.1) is 5.41 Å². The zero-order chi connectivity index (χ0) is 15.3. The summed E-state index contributed by atoms with van der Waals surface area (Å²) in [6.07, 6.45) is 4.19. The van der Waals surface area contributed by atoms with Crippen molar-refractivity contribution in [1.82, 2.24) is 4.90 Å². The first-order valence-corrected chi connectivity index (χ1v) is 8.10. The number of nitrogens with zero attached hydrogens (tertiary/aromatic N) is 1. The summed E-state index contributed by atoms with van der Waals surface area (Å²) >= 11 is 0. The van der Waals surface area contributed by atoms with Crippen LogP contribution in [0.25, 0.3) is 0 Å². The van der Waals surface area contributed by atoms with Crippen molar-refractivity contribution in [1.29, 1.82) is 0 Å². The summed E-state index contributed by atoms with van der Waals surface area (Å²) in [6, 6.07) is 5.70. The first-order chi connectivity index (χ1) is 9.98. The van der Waals surface area contributed by atoms with Gasteiger partial charge in [0, 0.05) is 18.5 Å². The van der Waals surface area contributed by atoms with Gasteiger partial charge >= 0.3 is 0 Å². The molecule has 3 rings (SSSR count). The second-order valence-electron chi connectivity index (χ2n) is 6.76. The summed E-state index contributed by atoms with van der Waals surface area (Å²) in [6.45, 7) is 7.75. The van der Waals surface area contributed by atoms with Crippen LogP contribution in [0.5, 0.6) is 5.75 Å². The van der Waals surface area contributed by atoms with Crippen LogP contribution in [0.3, 0.4) is 0 Å². The van der Waals surface area contributed by atoms with Gasteiger partial charge < -0.3 is 10.0 Å². The lowest BCUT2D eigenvalue weighted by molar-refractivity contribution is -0.136. The molecule has 1 N–H and O–H groups in total. The molecule has 1 aromatic rings. The average Bonchev–Trinajstić information content (AvgIpc) is 3.08. The van der Waals surface area contributed by atoms with Crippen LogP contribution in [-0.4, -0.2) is 29.0 Å². The van der Waals surface area contributed by atoms with Crippen LogP contribution in [0.4, 0.5) is 0 Å². The molecule has 1 saturated carbocycles. The van der Waals surface area contributed by atoms with Crippen LogP contribution in [0.15, 0.2) is 18.2 Å². The van der Waals surface area contributed by atoms with Gasteiger partial charge in [-0.3, -0.25) is 4.79 Å². The zero-order valence-electron chi connectivity index (χ0n) is 13.3. The van der Waals surface area contributed by atoms with E-state index in [1.807, 2.05) is 30.9 Å². The number of aromatic hydroxyl groups is 1. The Labute approximate surface area is 127 Å². The summed E-state index contributed by atoms with van der Waals surface area (Å²) in [5, 5.41) is 9.86. The largest absolute Gasteiger partial charge is 0.508 e. The minimum absolute atomic E-state index is 0.0427. The van der Waals surface area contributed by atoms with Gasteiger partial charge in [0.05, 0.1) is 5.41 Å². The third-order valence-corrected chi connectivity index (χ3v) is 5.77. The van der Waals surface area contributed by atoms with E-state index in [2.05, 4.69) is 6.92 Å². The molecule has 2 aliphatic carbocycles. The van der Waals surface area contributed by atoms with Crippen molar-refractivity contribution < 1.29 is 9.90 Å². The number of benzene rings is 1. The Morgan fingerprint density at radius 2 is 2.05 bits per heavy atom. The number of carbonyl (C=O) groups is 1. The normalized spacial score (nSPS) is 30.0. The van der Waals surface area contributed by atoms with E-state index in [0.717, 1.165) is 38.8 Å². The van der Waals surface area contributed by atoms with Gasteiger partial charge in [-0.25, -0.2) is 0 Å². The van der Waals surface area contributed by atoms with E-state index in [0.29, 0.717) is 5.75 Å². The van der Waals surface area contributed by atoms with Crippen molar-refractivity contribution in [2.24, 2.45) is 5.41 Å². The summed E-state index contributed by atoms with van der Waals surface area (Å²) in [4.78, 5) is 14.9. The molecular formula is C18H25NO2. The molecule has 0 radical (unpaired) electrons. The van der Waals surface area contributed by atoms with Crippen molar-refractivity contribution in [2.45, 2.75) is 51.9 Å². The fraction of sp³-hybridized carbons (Fsp3) is 0.611. The summed E-state index contributed by atoms with van der Waals surface area (Å²) < 4.78 is 0. The second kappa shape index (κ2) is 4.75. The average molecular weight is 287 g/mol. The molecule has 0 bridgehead atoms. The maximum atomic E-state index is 12.9. The molecule has 0 aliphatic heterocycles. The van der Waals surface area contributed by atoms with E-state index >= 15 is 0 Å². The van der Waals surface area contributed by atoms with Gasteiger partial charge in [-0.15, -0.1) is 0 Å². The van der Waals surface area contributed by atoms with E-state index in [1.54, 1.807) is 6.07 Å². The lowest BCUT2D eigenvalue weighted by Crippen LogP contribution is -2.40. The highest BCUT2D eigenvalue weighted by atomic mass is 16.3. The molecular weight excluding hydrogens is 262 g/mol. The molecule has 21 heavy (non-hydrogen) atoms. The van der Waals surface area contributed by atoms with E-state index in [-0.39, 0.29) is 16.7 Å².